The molecule has 1 amide bonds. The molecule has 3 aromatic rings. The third-order valence-corrected chi connectivity index (χ3v) is 6.25. The zero-order valence-electron chi connectivity index (χ0n) is 16.9. The number of piperidine rings is 1. The fourth-order valence-corrected chi connectivity index (χ4v) is 4.75. The van der Waals surface area contributed by atoms with E-state index in [0.29, 0.717) is 11.6 Å². The number of hydrogen-bond acceptors (Lipinski definition) is 4. The van der Waals surface area contributed by atoms with Crippen molar-refractivity contribution in [1.29, 1.82) is 0 Å². The molecule has 5 nitrogen and oxygen atoms in total. The van der Waals surface area contributed by atoms with Gasteiger partial charge in [-0.1, -0.05) is 42.3 Å². The summed E-state index contributed by atoms with van der Waals surface area (Å²) in [5, 5.41) is 4.94. The van der Waals surface area contributed by atoms with Crippen LogP contribution in [-0.4, -0.2) is 42.0 Å². The molecule has 1 N–H and O–H groups in total. The van der Waals surface area contributed by atoms with E-state index < -0.39 is 0 Å². The Labute approximate surface area is 181 Å². The predicted octanol–water partition coefficient (Wildman–Crippen LogP) is 5.01. The highest BCUT2D eigenvalue weighted by atomic mass is 35.5. The summed E-state index contributed by atoms with van der Waals surface area (Å²) < 4.78 is 0. The summed E-state index contributed by atoms with van der Waals surface area (Å²) in [6.45, 7) is 3.27. The minimum atomic E-state index is 0.0525. The standard InChI is InChI=1S/C24H25ClN4O/c25-17-7-6-8-18(15-17)29-14-11-20-23(19-9-2-3-10-21(19)26-24(20)29)27-22(30)16-28-12-4-1-5-13-28/h2-3,6-10,15H,1,4-5,11-14,16H2,(H,26,27,30). The van der Waals surface area contributed by atoms with Crippen LogP contribution in [0.15, 0.2) is 48.5 Å². The van der Waals surface area contributed by atoms with Gasteiger partial charge in [0, 0.05) is 28.2 Å². The van der Waals surface area contributed by atoms with Crippen LogP contribution >= 0.6 is 11.6 Å². The van der Waals surface area contributed by atoms with E-state index >= 15 is 0 Å². The molecule has 154 valence electrons. The minimum Gasteiger partial charge on any atom is -0.326 e. The van der Waals surface area contributed by atoms with Crippen LogP contribution in [-0.2, 0) is 11.2 Å². The molecule has 1 fully saturated rings. The third kappa shape index (κ3) is 3.75. The van der Waals surface area contributed by atoms with E-state index in [9.17, 15) is 4.79 Å². The van der Waals surface area contributed by atoms with Gasteiger partial charge in [-0.3, -0.25) is 9.69 Å². The first-order valence-electron chi connectivity index (χ1n) is 10.7. The molecular formula is C24H25ClN4O. The van der Waals surface area contributed by atoms with Crippen molar-refractivity contribution >= 4 is 45.6 Å². The fraction of sp³-hybridized carbons (Fsp3) is 0.333. The molecule has 2 aliphatic heterocycles. The first-order chi connectivity index (χ1) is 14.7. The van der Waals surface area contributed by atoms with E-state index in [2.05, 4.69) is 15.1 Å². The molecule has 5 rings (SSSR count). The van der Waals surface area contributed by atoms with Gasteiger partial charge in [-0.05, 0) is 56.6 Å². The Morgan fingerprint density at radius 1 is 1.03 bits per heavy atom. The van der Waals surface area contributed by atoms with Gasteiger partial charge in [0.1, 0.15) is 5.82 Å². The molecule has 0 bridgehead atoms. The van der Waals surface area contributed by atoms with Gasteiger partial charge in [-0.2, -0.15) is 0 Å². The summed E-state index contributed by atoms with van der Waals surface area (Å²) in [6, 6.07) is 15.9. The van der Waals surface area contributed by atoms with Gasteiger partial charge in [-0.25, -0.2) is 4.98 Å². The number of nitrogens with zero attached hydrogens (tertiary/aromatic N) is 3. The van der Waals surface area contributed by atoms with Crippen LogP contribution in [0.25, 0.3) is 10.9 Å². The van der Waals surface area contributed by atoms with E-state index in [1.54, 1.807) is 0 Å². The maximum Gasteiger partial charge on any atom is 0.238 e. The normalized spacial score (nSPS) is 16.6. The van der Waals surface area contributed by atoms with E-state index in [1.165, 1.54) is 19.3 Å². The molecule has 2 aromatic carbocycles. The lowest BCUT2D eigenvalue weighted by Crippen LogP contribution is -2.37. The maximum atomic E-state index is 12.9. The average molecular weight is 421 g/mol. The van der Waals surface area contributed by atoms with Crippen LogP contribution in [0.5, 0.6) is 0 Å². The second-order valence-corrected chi connectivity index (χ2v) is 8.51. The van der Waals surface area contributed by atoms with Gasteiger partial charge in [0.25, 0.3) is 0 Å². The Morgan fingerprint density at radius 3 is 2.70 bits per heavy atom. The number of likely N-dealkylation sites (tertiary alicyclic amines) is 1. The number of pyridine rings is 1. The highest BCUT2D eigenvalue weighted by molar-refractivity contribution is 6.30. The molecule has 0 unspecified atom stereocenters. The van der Waals surface area contributed by atoms with Crippen molar-refractivity contribution in [2.24, 2.45) is 0 Å². The summed E-state index contributed by atoms with van der Waals surface area (Å²) in [7, 11) is 0. The largest absolute Gasteiger partial charge is 0.326 e. The SMILES string of the molecule is O=C(CN1CCCCC1)Nc1c2c(nc3ccccc13)N(c1cccc(Cl)c1)CC2. The van der Waals surface area contributed by atoms with Crippen LogP contribution in [0.1, 0.15) is 24.8 Å². The molecule has 0 aliphatic carbocycles. The summed E-state index contributed by atoms with van der Waals surface area (Å²) in [5.41, 5.74) is 3.91. The zero-order valence-corrected chi connectivity index (χ0v) is 17.7. The minimum absolute atomic E-state index is 0.0525. The van der Waals surface area contributed by atoms with Crippen LogP contribution in [0.2, 0.25) is 5.02 Å². The van der Waals surface area contributed by atoms with Gasteiger partial charge in [-0.15, -0.1) is 0 Å². The van der Waals surface area contributed by atoms with Crippen molar-refractivity contribution in [3.05, 3.63) is 59.1 Å². The number of halogens is 1. The molecule has 0 spiro atoms. The molecule has 0 atom stereocenters. The second-order valence-electron chi connectivity index (χ2n) is 8.07. The van der Waals surface area contributed by atoms with Crippen LogP contribution in [0.4, 0.5) is 17.2 Å². The van der Waals surface area contributed by atoms with Crippen molar-refractivity contribution in [1.82, 2.24) is 9.88 Å². The number of amides is 1. The molecule has 3 heterocycles. The summed E-state index contributed by atoms with van der Waals surface area (Å²) in [4.78, 5) is 22.3. The number of rotatable bonds is 4. The van der Waals surface area contributed by atoms with Crippen LogP contribution in [0.3, 0.4) is 0 Å². The van der Waals surface area contributed by atoms with Gasteiger partial charge in [0.2, 0.25) is 5.91 Å². The van der Waals surface area contributed by atoms with E-state index in [-0.39, 0.29) is 5.91 Å². The Balaban J connectivity index is 1.51. The maximum absolute atomic E-state index is 12.9. The molecular weight excluding hydrogens is 396 g/mol. The number of anilines is 3. The van der Waals surface area contributed by atoms with E-state index in [0.717, 1.165) is 59.7 Å². The number of hydrogen-bond donors (Lipinski definition) is 1. The van der Waals surface area contributed by atoms with Gasteiger partial charge in [0.15, 0.2) is 0 Å². The first-order valence-corrected chi connectivity index (χ1v) is 11.0. The number of carbonyl (C=O) groups excluding carboxylic acids is 1. The molecule has 1 saturated heterocycles. The summed E-state index contributed by atoms with van der Waals surface area (Å²) in [5.74, 6) is 0.959. The van der Waals surface area contributed by atoms with Crippen molar-refractivity contribution in [2.45, 2.75) is 25.7 Å². The molecule has 1 aromatic heterocycles. The van der Waals surface area contributed by atoms with Crippen molar-refractivity contribution in [3.63, 3.8) is 0 Å². The molecule has 2 aliphatic rings. The smallest absolute Gasteiger partial charge is 0.238 e. The Morgan fingerprint density at radius 2 is 1.87 bits per heavy atom. The lowest BCUT2D eigenvalue weighted by atomic mass is 10.1. The first kappa shape index (κ1) is 19.3. The highest BCUT2D eigenvalue weighted by Gasteiger charge is 2.28. The molecule has 0 saturated carbocycles. The summed E-state index contributed by atoms with van der Waals surface area (Å²) in [6.07, 6.45) is 4.45. The van der Waals surface area contributed by atoms with Crippen LogP contribution < -0.4 is 10.2 Å². The lowest BCUT2D eigenvalue weighted by Gasteiger charge is -2.26. The lowest BCUT2D eigenvalue weighted by molar-refractivity contribution is -0.117. The zero-order chi connectivity index (χ0) is 20.5. The quantitative estimate of drug-likeness (QED) is 0.644. The van der Waals surface area contributed by atoms with Gasteiger partial charge >= 0.3 is 0 Å². The number of para-hydroxylation sites is 1. The van der Waals surface area contributed by atoms with Gasteiger partial charge in [0.05, 0.1) is 17.7 Å². The molecule has 6 heteroatoms. The number of nitrogens with one attached hydrogen (secondary N) is 1. The Bertz CT molecular complexity index is 1090. The topological polar surface area (TPSA) is 48.5 Å². The number of fused-ring (bicyclic) bond motifs is 2. The van der Waals surface area contributed by atoms with Gasteiger partial charge < -0.3 is 10.2 Å². The monoisotopic (exact) mass is 420 g/mol. The number of aromatic nitrogens is 1. The summed E-state index contributed by atoms with van der Waals surface area (Å²) >= 11 is 6.23. The Hall–Kier alpha value is -2.63. The Kier molecular flexibility index (Phi) is 5.32. The van der Waals surface area contributed by atoms with E-state index in [4.69, 9.17) is 16.6 Å². The fourth-order valence-electron chi connectivity index (χ4n) is 4.57. The average Bonchev–Trinajstić information content (AvgIpc) is 3.18. The van der Waals surface area contributed by atoms with Crippen molar-refractivity contribution < 1.29 is 4.79 Å². The third-order valence-electron chi connectivity index (χ3n) is 6.01. The number of benzene rings is 2. The van der Waals surface area contributed by atoms with Crippen molar-refractivity contribution in [2.75, 3.05) is 36.4 Å². The van der Waals surface area contributed by atoms with Crippen LogP contribution in [0, 0.1) is 0 Å². The molecule has 30 heavy (non-hydrogen) atoms. The van der Waals surface area contributed by atoms with Crippen molar-refractivity contribution in [3.8, 4) is 0 Å². The van der Waals surface area contributed by atoms with E-state index in [1.807, 2.05) is 48.5 Å². The highest BCUT2D eigenvalue weighted by Crippen LogP contribution is 2.41. The number of carbonyl (C=O) groups is 1. The second kappa shape index (κ2) is 8.25. The molecule has 0 radical (unpaired) electrons. The predicted molar refractivity (Wildman–Crippen MR) is 123 cm³/mol.